The quantitative estimate of drug-likeness (QED) is 0.0802. The Morgan fingerprint density at radius 1 is 0.562 bits per heavy atom. The van der Waals surface area contributed by atoms with Crippen LogP contribution in [-0.4, -0.2) is 56.5 Å². The van der Waals surface area contributed by atoms with E-state index in [0.29, 0.717) is 19.6 Å². The van der Waals surface area contributed by atoms with E-state index in [-0.39, 0.29) is 5.97 Å². The van der Waals surface area contributed by atoms with Crippen LogP contribution >= 0.6 is 0 Å². The number of rotatable bonds is 25. The van der Waals surface area contributed by atoms with Crippen LogP contribution in [0.15, 0.2) is 0 Å². The highest BCUT2D eigenvalue weighted by Gasteiger charge is 2.21. The Balaban J connectivity index is 3.45. The van der Waals surface area contributed by atoms with E-state index in [1.165, 1.54) is 90.0 Å². The number of likely N-dealkylation sites (N-methyl/N-ethyl adjacent to an activating group) is 1. The van der Waals surface area contributed by atoms with E-state index >= 15 is 0 Å². The Hall–Kier alpha value is -0.610. The SMILES string of the molecule is CCCCCCCCCCCCCCCC(=O)OCCOCC[N+](CC)(CC)CCCC. The first-order valence-electron chi connectivity index (χ1n) is 14.2. The highest BCUT2D eigenvalue weighted by molar-refractivity contribution is 5.69. The maximum Gasteiger partial charge on any atom is 0.305 e. The Labute approximate surface area is 201 Å². The number of nitrogens with zero attached hydrogens (tertiary/aromatic N) is 1. The summed E-state index contributed by atoms with van der Waals surface area (Å²) >= 11 is 0. The maximum absolute atomic E-state index is 11.9. The summed E-state index contributed by atoms with van der Waals surface area (Å²) in [5.41, 5.74) is 0. The van der Waals surface area contributed by atoms with Crippen LogP contribution in [0.2, 0.25) is 0 Å². The van der Waals surface area contributed by atoms with E-state index in [1.54, 1.807) is 0 Å². The highest BCUT2D eigenvalue weighted by Crippen LogP contribution is 2.13. The van der Waals surface area contributed by atoms with Crippen LogP contribution in [0.3, 0.4) is 0 Å². The molecule has 0 aromatic heterocycles. The van der Waals surface area contributed by atoms with Crippen molar-refractivity contribution in [2.75, 3.05) is 46.0 Å². The molecule has 4 heteroatoms. The number of hydrogen-bond acceptors (Lipinski definition) is 3. The number of carbonyl (C=O) groups excluding carboxylic acids is 1. The second kappa shape index (κ2) is 23.5. The number of unbranched alkanes of at least 4 members (excludes halogenated alkanes) is 13. The van der Waals surface area contributed by atoms with Crippen LogP contribution in [0.4, 0.5) is 0 Å². The lowest BCUT2D eigenvalue weighted by Crippen LogP contribution is -2.50. The molecule has 0 aliphatic rings. The van der Waals surface area contributed by atoms with Gasteiger partial charge in [0.05, 0.1) is 32.8 Å². The molecule has 4 nitrogen and oxygen atoms in total. The van der Waals surface area contributed by atoms with Crippen molar-refractivity contribution < 1.29 is 18.8 Å². The van der Waals surface area contributed by atoms with Gasteiger partial charge < -0.3 is 14.0 Å². The second-order valence-electron chi connectivity index (χ2n) is 9.60. The lowest BCUT2D eigenvalue weighted by atomic mass is 10.0. The van der Waals surface area contributed by atoms with Gasteiger partial charge in [0.15, 0.2) is 0 Å². The van der Waals surface area contributed by atoms with Crippen molar-refractivity contribution in [1.82, 2.24) is 0 Å². The molecule has 0 aliphatic heterocycles. The van der Waals surface area contributed by atoms with Crippen LogP contribution in [0.25, 0.3) is 0 Å². The van der Waals surface area contributed by atoms with Crippen molar-refractivity contribution in [2.24, 2.45) is 0 Å². The number of esters is 1. The van der Waals surface area contributed by atoms with Gasteiger partial charge in [-0.05, 0) is 26.7 Å². The van der Waals surface area contributed by atoms with Gasteiger partial charge in [-0.2, -0.15) is 0 Å². The first kappa shape index (κ1) is 31.4. The molecule has 0 aliphatic carbocycles. The van der Waals surface area contributed by atoms with Gasteiger partial charge in [0, 0.05) is 6.42 Å². The smallest absolute Gasteiger partial charge is 0.305 e. The fourth-order valence-corrected chi connectivity index (χ4v) is 4.40. The van der Waals surface area contributed by atoms with Gasteiger partial charge in [0.2, 0.25) is 0 Å². The fourth-order valence-electron chi connectivity index (χ4n) is 4.40. The molecule has 0 unspecified atom stereocenters. The Morgan fingerprint density at radius 3 is 1.56 bits per heavy atom. The van der Waals surface area contributed by atoms with Gasteiger partial charge in [0.25, 0.3) is 0 Å². The molecule has 0 fully saturated rings. The van der Waals surface area contributed by atoms with E-state index in [2.05, 4.69) is 27.7 Å². The molecular weight excluding hydrogens is 398 g/mol. The van der Waals surface area contributed by atoms with E-state index in [4.69, 9.17) is 9.47 Å². The Bertz CT molecular complexity index is 396. The zero-order valence-electron chi connectivity index (χ0n) is 22.4. The van der Waals surface area contributed by atoms with Crippen LogP contribution in [0, 0.1) is 0 Å². The van der Waals surface area contributed by atoms with Gasteiger partial charge in [-0.25, -0.2) is 0 Å². The van der Waals surface area contributed by atoms with Gasteiger partial charge in [-0.15, -0.1) is 0 Å². The van der Waals surface area contributed by atoms with Crippen LogP contribution < -0.4 is 0 Å². The average Bonchev–Trinajstić information content (AvgIpc) is 2.81. The molecule has 0 saturated heterocycles. The molecular formula is C28H58NO3+. The largest absolute Gasteiger partial charge is 0.463 e. The molecule has 192 valence electrons. The molecule has 0 radical (unpaired) electrons. The number of hydrogen-bond donors (Lipinski definition) is 0. The van der Waals surface area contributed by atoms with E-state index in [0.717, 1.165) is 43.6 Å². The van der Waals surface area contributed by atoms with Crippen molar-refractivity contribution in [3.63, 3.8) is 0 Å². The molecule has 0 spiro atoms. The molecule has 0 heterocycles. The topological polar surface area (TPSA) is 35.5 Å². The average molecular weight is 457 g/mol. The van der Waals surface area contributed by atoms with Crippen molar-refractivity contribution in [3.05, 3.63) is 0 Å². The number of quaternary nitrogens is 1. The summed E-state index contributed by atoms with van der Waals surface area (Å²) in [6, 6.07) is 0. The Kier molecular flexibility index (Phi) is 23.1. The third-order valence-electron chi connectivity index (χ3n) is 7.01. The molecule has 32 heavy (non-hydrogen) atoms. The normalized spacial score (nSPS) is 11.8. The summed E-state index contributed by atoms with van der Waals surface area (Å²) in [4.78, 5) is 11.9. The lowest BCUT2D eigenvalue weighted by Gasteiger charge is -2.36. The highest BCUT2D eigenvalue weighted by atomic mass is 16.6. The summed E-state index contributed by atoms with van der Waals surface area (Å²) in [5, 5.41) is 0. The van der Waals surface area contributed by atoms with Crippen LogP contribution in [-0.2, 0) is 14.3 Å². The summed E-state index contributed by atoms with van der Waals surface area (Å²) in [7, 11) is 0. The van der Waals surface area contributed by atoms with Gasteiger partial charge in [0.1, 0.15) is 13.2 Å². The van der Waals surface area contributed by atoms with Crippen LogP contribution in [0.1, 0.15) is 130 Å². The summed E-state index contributed by atoms with van der Waals surface area (Å²) in [5.74, 6) is -0.0631. The maximum atomic E-state index is 11.9. The van der Waals surface area contributed by atoms with E-state index in [1.807, 2.05) is 0 Å². The first-order chi connectivity index (χ1) is 15.6. The third kappa shape index (κ3) is 18.9. The molecule has 0 atom stereocenters. The molecule has 0 N–H and O–H groups in total. The molecule has 0 aromatic carbocycles. The van der Waals surface area contributed by atoms with Gasteiger partial charge in [-0.3, -0.25) is 4.79 Å². The fraction of sp³-hybridized carbons (Fsp3) is 0.964. The van der Waals surface area contributed by atoms with Gasteiger partial charge >= 0.3 is 5.97 Å². The minimum absolute atomic E-state index is 0.0631. The molecule has 0 bridgehead atoms. The minimum Gasteiger partial charge on any atom is -0.463 e. The standard InChI is InChI=1S/C28H58NO3/c1-5-9-11-12-13-14-15-16-17-18-19-20-21-22-28(30)32-27-26-31-25-24-29(7-3,8-4)23-10-6-2/h5-27H2,1-4H3/q+1. The monoisotopic (exact) mass is 456 g/mol. The van der Waals surface area contributed by atoms with Crippen molar-refractivity contribution in [3.8, 4) is 0 Å². The van der Waals surface area contributed by atoms with E-state index in [9.17, 15) is 4.79 Å². The Morgan fingerprint density at radius 2 is 1.06 bits per heavy atom. The third-order valence-corrected chi connectivity index (χ3v) is 7.01. The van der Waals surface area contributed by atoms with Crippen LogP contribution in [0.5, 0.6) is 0 Å². The van der Waals surface area contributed by atoms with Crippen molar-refractivity contribution in [1.29, 1.82) is 0 Å². The van der Waals surface area contributed by atoms with Crippen molar-refractivity contribution >= 4 is 5.97 Å². The molecule has 0 saturated carbocycles. The predicted octanol–water partition coefficient (Wildman–Crippen LogP) is 7.68. The zero-order chi connectivity index (χ0) is 23.8. The lowest BCUT2D eigenvalue weighted by molar-refractivity contribution is -0.925. The number of ether oxygens (including phenoxy) is 2. The van der Waals surface area contributed by atoms with Gasteiger partial charge in [-0.1, -0.05) is 97.3 Å². The minimum atomic E-state index is -0.0631. The molecule has 0 rings (SSSR count). The summed E-state index contributed by atoms with van der Waals surface area (Å²) in [6.07, 6.45) is 20.3. The predicted molar refractivity (Wildman–Crippen MR) is 138 cm³/mol. The molecule has 0 aromatic rings. The molecule has 0 amide bonds. The first-order valence-corrected chi connectivity index (χ1v) is 14.2. The van der Waals surface area contributed by atoms with E-state index < -0.39 is 0 Å². The number of carbonyl (C=O) groups is 1. The summed E-state index contributed by atoms with van der Waals surface area (Å²) < 4.78 is 12.2. The zero-order valence-corrected chi connectivity index (χ0v) is 22.4. The van der Waals surface area contributed by atoms with Crippen molar-refractivity contribution in [2.45, 2.75) is 130 Å². The summed E-state index contributed by atoms with van der Waals surface area (Å²) in [6.45, 7) is 15.4. The second-order valence-corrected chi connectivity index (χ2v) is 9.60.